The van der Waals surface area contributed by atoms with Crippen molar-refractivity contribution in [3.8, 4) is 0 Å². The topological polar surface area (TPSA) is 15.3 Å². The Labute approximate surface area is 117 Å². The molecule has 18 heavy (non-hydrogen) atoms. The molecule has 1 saturated heterocycles. The Morgan fingerprint density at radius 3 is 2.67 bits per heavy atom. The van der Waals surface area contributed by atoms with Gasteiger partial charge in [0, 0.05) is 36.5 Å². The van der Waals surface area contributed by atoms with Gasteiger partial charge in [-0.05, 0) is 37.9 Å². The van der Waals surface area contributed by atoms with Crippen LogP contribution in [0.5, 0.6) is 0 Å². The maximum atomic E-state index is 3.71. The quantitative estimate of drug-likeness (QED) is 0.826. The molecule has 2 aliphatic rings. The summed E-state index contributed by atoms with van der Waals surface area (Å²) in [5.41, 5.74) is 0. The SMILES string of the molecule is CCSC1CCC(N2CC(CC)NCC2CC)C1. The molecule has 3 heteroatoms. The van der Waals surface area contributed by atoms with E-state index in [0.29, 0.717) is 0 Å². The molecule has 4 unspecified atom stereocenters. The number of hydrogen-bond donors (Lipinski definition) is 1. The van der Waals surface area contributed by atoms with Gasteiger partial charge < -0.3 is 5.32 Å². The molecule has 2 fully saturated rings. The molecule has 0 amide bonds. The molecule has 2 rings (SSSR count). The van der Waals surface area contributed by atoms with Crippen molar-refractivity contribution in [1.29, 1.82) is 0 Å². The van der Waals surface area contributed by atoms with Gasteiger partial charge in [-0.15, -0.1) is 0 Å². The highest BCUT2D eigenvalue weighted by molar-refractivity contribution is 7.99. The summed E-state index contributed by atoms with van der Waals surface area (Å²) >= 11 is 2.18. The zero-order valence-electron chi connectivity index (χ0n) is 12.3. The molecule has 1 saturated carbocycles. The van der Waals surface area contributed by atoms with Crippen LogP contribution in [0.3, 0.4) is 0 Å². The second-order valence-electron chi connectivity index (χ2n) is 5.82. The summed E-state index contributed by atoms with van der Waals surface area (Å²) in [6.07, 6.45) is 6.88. The van der Waals surface area contributed by atoms with E-state index in [0.717, 1.165) is 23.4 Å². The molecule has 2 nitrogen and oxygen atoms in total. The maximum Gasteiger partial charge on any atom is 0.0221 e. The molecule has 106 valence electrons. The fourth-order valence-corrected chi connectivity index (χ4v) is 4.73. The Morgan fingerprint density at radius 2 is 2.00 bits per heavy atom. The lowest BCUT2D eigenvalue weighted by atomic mass is 10.0. The van der Waals surface area contributed by atoms with Crippen LogP contribution >= 0.6 is 11.8 Å². The summed E-state index contributed by atoms with van der Waals surface area (Å²) in [5.74, 6) is 1.29. The summed E-state index contributed by atoms with van der Waals surface area (Å²) in [6.45, 7) is 9.44. The predicted octanol–water partition coefficient (Wildman–Crippen LogP) is 3.12. The first kappa shape index (κ1) is 14.7. The summed E-state index contributed by atoms with van der Waals surface area (Å²) in [6, 6.07) is 2.38. The minimum Gasteiger partial charge on any atom is -0.311 e. The molecule has 0 aromatic rings. The van der Waals surface area contributed by atoms with Gasteiger partial charge in [0.1, 0.15) is 0 Å². The van der Waals surface area contributed by atoms with E-state index in [1.165, 1.54) is 50.9 Å². The second kappa shape index (κ2) is 7.16. The third-order valence-corrected chi connectivity index (χ3v) is 5.97. The minimum absolute atomic E-state index is 0.727. The average molecular weight is 270 g/mol. The van der Waals surface area contributed by atoms with E-state index in [9.17, 15) is 0 Å². The van der Waals surface area contributed by atoms with Crippen molar-refractivity contribution < 1.29 is 0 Å². The number of hydrogen-bond acceptors (Lipinski definition) is 3. The Balaban J connectivity index is 1.92. The van der Waals surface area contributed by atoms with Crippen LogP contribution in [-0.4, -0.2) is 47.1 Å². The highest BCUT2D eigenvalue weighted by Crippen LogP contribution is 2.34. The van der Waals surface area contributed by atoms with Crippen molar-refractivity contribution in [2.24, 2.45) is 0 Å². The zero-order chi connectivity index (χ0) is 13.0. The smallest absolute Gasteiger partial charge is 0.0221 e. The molecule has 0 aromatic carbocycles. The van der Waals surface area contributed by atoms with Crippen molar-refractivity contribution in [3.63, 3.8) is 0 Å². The Hall–Kier alpha value is 0.270. The number of piperazine rings is 1. The molecular formula is C15H30N2S. The van der Waals surface area contributed by atoms with Gasteiger partial charge in [-0.25, -0.2) is 0 Å². The van der Waals surface area contributed by atoms with E-state index in [-0.39, 0.29) is 0 Å². The summed E-state index contributed by atoms with van der Waals surface area (Å²) < 4.78 is 0. The maximum absolute atomic E-state index is 3.71. The van der Waals surface area contributed by atoms with Gasteiger partial charge in [0.2, 0.25) is 0 Å². The van der Waals surface area contributed by atoms with E-state index in [4.69, 9.17) is 0 Å². The average Bonchev–Trinajstić information content (AvgIpc) is 2.87. The van der Waals surface area contributed by atoms with Crippen LogP contribution in [0.1, 0.15) is 52.9 Å². The highest BCUT2D eigenvalue weighted by atomic mass is 32.2. The van der Waals surface area contributed by atoms with Crippen LogP contribution in [0.4, 0.5) is 0 Å². The van der Waals surface area contributed by atoms with Gasteiger partial charge in [-0.1, -0.05) is 20.8 Å². The summed E-state index contributed by atoms with van der Waals surface area (Å²) in [7, 11) is 0. The largest absolute Gasteiger partial charge is 0.311 e. The van der Waals surface area contributed by atoms with Gasteiger partial charge in [0.05, 0.1) is 0 Å². The molecule has 4 atom stereocenters. The van der Waals surface area contributed by atoms with Gasteiger partial charge in [0.15, 0.2) is 0 Å². The van der Waals surface area contributed by atoms with Crippen molar-refractivity contribution in [2.45, 2.75) is 76.3 Å². The first-order chi connectivity index (χ1) is 8.78. The first-order valence-corrected chi connectivity index (χ1v) is 8.94. The van der Waals surface area contributed by atoms with Crippen LogP contribution in [0.25, 0.3) is 0 Å². The molecule has 0 radical (unpaired) electrons. The monoisotopic (exact) mass is 270 g/mol. The van der Waals surface area contributed by atoms with Gasteiger partial charge in [0.25, 0.3) is 0 Å². The van der Waals surface area contributed by atoms with E-state index < -0.39 is 0 Å². The number of thioether (sulfide) groups is 1. The zero-order valence-corrected chi connectivity index (χ0v) is 13.1. The third kappa shape index (κ3) is 3.43. The number of nitrogens with zero attached hydrogens (tertiary/aromatic N) is 1. The van der Waals surface area contributed by atoms with Crippen molar-refractivity contribution in [2.75, 3.05) is 18.8 Å². The molecule has 0 spiro atoms. The first-order valence-electron chi connectivity index (χ1n) is 7.89. The summed E-state index contributed by atoms with van der Waals surface area (Å²) in [5, 5.41) is 4.65. The molecule has 0 aromatic heterocycles. The third-order valence-electron chi connectivity index (χ3n) is 4.73. The molecule has 1 N–H and O–H groups in total. The molecule has 1 aliphatic carbocycles. The van der Waals surface area contributed by atoms with Crippen LogP contribution in [-0.2, 0) is 0 Å². The number of rotatable bonds is 5. The van der Waals surface area contributed by atoms with Crippen molar-refractivity contribution >= 4 is 11.8 Å². The van der Waals surface area contributed by atoms with Crippen molar-refractivity contribution in [3.05, 3.63) is 0 Å². The van der Waals surface area contributed by atoms with Crippen LogP contribution in [0.15, 0.2) is 0 Å². The Kier molecular flexibility index (Phi) is 5.84. The van der Waals surface area contributed by atoms with Gasteiger partial charge in [-0.2, -0.15) is 11.8 Å². The Morgan fingerprint density at radius 1 is 1.17 bits per heavy atom. The van der Waals surface area contributed by atoms with Crippen molar-refractivity contribution in [1.82, 2.24) is 10.2 Å². The van der Waals surface area contributed by atoms with Crippen LogP contribution < -0.4 is 5.32 Å². The molecular weight excluding hydrogens is 240 g/mol. The summed E-state index contributed by atoms with van der Waals surface area (Å²) in [4.78, 5) is 2.85. The fraction of sp³-hybridized carbons (Fsp3) is 1.00. The van der Waals surface area contributed by atoms with E-state index in [1.807, 2.05) is 0 Å². The second-order valence-corrected chi connectivity index (χ2v) is 7.39. The lowest BCUT2D eigenvalue weighted by Crippen LogP contribution is -2.58. The normalized spacial score (nSPS) is 38.2. The predicted molar refractivity (Wildman–Crippen MR) is 82.4 cm³/mol. The van der Waals surface area contributed by atoms with E-state index >= 15 is 0 Å². The van der Waals surface area contributed by atoms with Crippen LogP contribution in [0.2, 0.25) is 0 Å². The Bertz CT molecular complexity index is 247. The molecule has 0 bridgehead atoms. The fourth-order valence-electron chi connectivity index (χ4n) is 3.59. The van der Waals surface area contributed by atoms with Gasteiger partial charge in [-0.3, -0.25) is 4.90 Å². The number of nitrogens with one attached hydrogen (secondary N) is 1. The lowest BCUT2D eigenvalue weighted by Gasteiger charge is -2.43. The standard InChI is InChI=1S/C15H30N2S/c1-4-12-11-17(13(5-2)10-16-12)14-7-8-15(9-14)18-6-3/h12-16H,4-11H2,1-3H3. The van der Waals surface area contributed by atoms with E-state index in [2.05, 4.69) is 42.7 Å². The van der Waals surface area contributed by atoms with Gasteiger partial charge >= 0.3 is 0 Å². The molecule has 1 heterocycles. The van der Waals surface area contributed by atoms with Crippen LogP contribution in [0, 0.1) is 0 Å². The highest BCUT2D eigenvalue weighted by Gasteiger charge is 2.35. The molecule has 1 aliphatic heterocycles. The minimum atomic E-state index is 0.727. The van der Waals surface area contributed by atoms with E-state index in [1.54, 1.807) is 0 Å². The lowest BCUT2D eigenvalue weighted by molar-refractivity contribution is 0.0802.